The van der Waals surface area contributed by atoms with Gasteiger partial charge in [-0.2, -0.15) is 0 Å². The molecule has 1 aromatic carbocycles. The van der Waals surface area contributed by atoms with E-state index in [1.54, 1.807) is 0 Å². The molecule has 1 aliphatic heterocycles. The monoisotopic (exact) mass is 253 g/mol. The Morgan fingerprint density at radius 2 is 1.88 bits per heavy atom. The van der Waals surface area contributed by atoms with Crippen LogP contribution in [0.1, 0.15) is 24.4 Å². The van der Waals surface area contributed by atoms with E-state index < -0.39 is 0 Å². The van der Waals surface area contributed by atoms with Crippen molar-refractivity contribution in [3.05, 3.63) is 22.7 Å². The van der Waals surface area contributed by atoms with Gasteiger partial charge in [-0.3, -0.25) is 0 Å². The van der Waals surface area contributed by atoms with Gasteiger partial charge in [-0.15, -0.1) is 0 Å². The summed E-state index contributed by atoms with van der Waals surface area (Å²) in [5, 5.41) is 4.11. The van der Waals surface area contributed by atoms with Gasteiger partial charge in [0.1, 0.15) is 13.2 Å². The second-order valence-corrected chi connectivity index (χ2v) is 5.03. The zero-order valence-corrected chi connectivity index (χ0v) is 10.6. The average molecular weight is 254 g/mol. The van der Waals surface area contributed by atoms with Gasteiger partial charge in [0.05, 0.1) is 0 Å². The molecule has 1 aliphatic carbocycles. The highest BCUT2D eigenvalue weighted by Gasteiger charge is 2.33. The maximum Gasteiger partial charge on any atom is 0.162 e. The highest BCUT2D eigenvalue weighted by atomic mass is 35.5. The highest BCUT2D eigenvalue weighted by Crippen LogP contribution is 2.45. The zero-order valence-electron chi connectivity index (χ0n) is 9.83. The van der Waals surface area contributed by atoms with E-state index in [2.05, 4.69) is 5.32 Å². The molecule has 0 aromatic heterocycles. The van der Waals surface area contributed by atoms with Crippen molar-refractivity contribution >= 4 is 11.6 Å². The van der Waals surface area contributed by atoms with Crippen molar-refractivity contribution in [3.63, 3.8) is 0 Å². The lowest BCUT2D eigenvalue weighted by Gasteiger charge is -2.23. The molecule has 0 amide bonds. The Morgan fingerprint density at radius 1 is 1.24 bits per heavy atom. The van der Waals surface area contributed by atoms with Crippen molar-refractivity contribution in [2.24, 2.45) is 5.92 Å². The van der Waals surface area contributed by atoms with Crippen LogP contribution in [0.5, 0.6) is 11.5 Å². The molecule has 1 unspecified atom stereocenters. The van der Waals surface area contributed by atoms with Gasteiger partial charge in [0.2, 0.25) is 0 Å². The molecule has 1 saturated carbocycles. The van der Waals surface area contributed by atoms with Gasteiger partial charge in [-0.1, -0.05) is 11.6 Å². The van der Waals surface area contributed by atoms with Gasteiger partial charge >= 0.3 is 0 Å². The van der Waals surface area contributed by atoms with Crippen molar-refractivity contribution in [2.75, 3.05) is 20.3 Å². The Bertz CT molecular complexity index is 432. The lowest BCUT2D eigenvalue weighted by Crippen LogP contribution is -2.20. The second-order valence-electron chi connectivity index (χ2n) is 4.62. The number of rotatable bonds is 3. The first-order chi connectivity index (χ1) is 8.29. The van der Waals surface area contributed by atoms with Gasteiger partial charge in [-0.25, -0.2) is 0 Å². The van der Waals surface area contributed by atoms with Crippen LogP contribution in [0.25, 0.3) is 0 Å². The fraction of sp³-hybridized carbons (Fsp3) is 0.538. The third-order valence-electron chi connectivity index (χ3n) is 3.40. The molecule has 4 heteroatoms. The molecule has 17 heavy (non-hydrogen) atoms. The third-order valence-corrected chi connectivity index (χ3v) is 3.73. The highest BCUT2D eigenvalue weighted by molar-refractivity contribution is 6.31. The van der Waals surface area contributed by atoms with Gasteiger partial charge in [-0.05, 0) is 37.4 Å². The number of ether oxygens (including phenoxy) is 2. The van der Waals surface area contributed by atoms with Crippen LogP contribution in [-0.2, 0) is 0 Å². The van der Waals surface area contributed by atoms with E-state index in [0.717, 1.165) is 22.1 Å². The number of benzene rings is 1. The first kappa shape index (κ1) is 11.2. The quantitative estimate of drug-likeness (QED) is 0.899. The second kappa shape index (κ2) is 4.39. The summed E-state index contributed by atoms with van der Waals surface area (Å²) < 4.78 is 11.1. The van der Waals surface area contributed by atoms with Gasteiger partial charge in [0.15, 0.2) is 11.5 Å². The number of halogens is 1. The Labute approximate surface area is 106 Å². The van der Waals surface area contributed by atoms with Crippen molar-refractivity contribution < 1.29 is 9.47 Å². The van der Waals surface area contributed by atoms with Crippen molar-refractivity contribution in [3.8, 4) is 11.5 Å². The summed E-state index contributed by atoms with van der Waals surface area (Å²) in [5.74, 6) is 2.28. The molecule has 1 fully saturated rings. The minimum absolute atomic E-state index is 0.332. The molecule has 0 bridgehead atoms. The van der Waals surface area contributed by atoms with Crippen LogP contribution in [0.3, 0.4) is 0 Å². The molecule has 1 aromatic rings. The molecule has 1 heterocycles. The Hall–Kier alpha value is -0.930. The Balaban J connectivity index is 1.97. The summed E-state index contributed by atoms with van der Waals surface area (Å²) in [4.78, 5) is 0. The largest absolute Gasteiger partial charge is 0.486 e. The first-order valence-electron chi connectivity index (χ1n) is 6.06. The van der Waals surface area contributed by atoms with Crippen LogP contribution >= 0.6 is 11.6 Å². The zero-order chi connectivity index (χ0) is 11.8. The summed E-state index contributed by atoms with van der Waals surface area (Å²) >= 11 is 6.33. The number of hydrogen-bond acceptors (Lipinski definition) is 3. The molecule has 1 N–H and O–H groups in total. The van der Waals surface area contributed by atoms with Gasteiger partial charge in [0, 0.05) is 17.1 Å². The van der Waals surface area contributed by atoms with Crippen LogP contribution in [0.4, 0.5) is 0 Å². The number of fused-ring (bicyclic) bond motifs is 1. The number of hydrogen-bond donors (Lipinski definition) is 1. The molecule has 1 atom stereocenters. The molecular weight excluding hydrogens is 238 g/mol. The predicted molar refractivity (Wildman–Crippen MR) is 67.0 cm³/mol. The molecular formula is C13H16ClNO2. The SMILES string of the molecule is CNC(c1cc2c(cc1Cl)OCCO2)C1CC1. The van der Waals surface area contributed by atoms with Crippen LogP contribution in [0.2, 0.25) is 5.02 Å². The van der Waals surface area contributed by atoms with E-state index in [4.69, 9.17) is 21.1 Å². The molecule has 3 nitrogen and oxygen atoms in total. The molecule has 3 rings (SSSR count). The minimum Gasteiger partial charge on any atom is -0.486 e. The molecule has 0 saturated heterocycles. The number of nitrogens with one attached hydrogen (secondary N) is 1. The Kier molecular flexibility index (Phi) is 2.89. The third kappa shape index (κ3) is 2.09. The van der Waals surface area contributed by atoms with Crippen molar-refractivity contribution in [2.45, 2.75) is 18.9 Å². The van der Waals surface area contributed by atoms with E-state index in [-0.39, 0.29) is 0 Å². The van der Waals surface area contributed by atoms with Crippen LogP contribution in [-0.4, -0.2) is 20.3 Å². The summed E-state index contributed by atoms with van der Waals surface area (Å²) in [6, 6.07) is 4.23. The lowest BCUT2D eigenvalue weighted by molar-refractivity contribution is 0.171. The van der Waals surface area contributed by atoms with Crippen molar-refractivity contribution in [1.82, 2.24) is 5.32 Å². The smallest absolute Gasteiger partial charge is 0.162 e. The summed E-state index contributed by atoms with van der Waals surface area (Å²) in [5.41, 5.74) is 1.13. The summed E-state index contributed by atoms with van der Waals surface area (Å²) in [6.07, 6.45) is 2.55. The minimum atomic E-state index is 0.332. The summed E-state index contributed by atoms with van der Waals surface area (Å²) in [7, 11) is 1.98. The van der Waals surface area contributed by atoms with Gasteiger partial charge < -0.3 is 14.8 Å². The van der Waals surface area contributed by atoms with E-state index in [0.29, 0.717) is 25.2 Å². The summed E-state index contributed by atoms with van der Waals surface area (Å²) in [6.45, 7) is 1.21. The lowest BCUT2D eigenvalue weighted by atomic mass is 10.0. The molecule has 92 valence electrons. The van der Waals surface area contributed by atoms with Crippen LogP contribution in [0.15, 0.2) is 12.1 Å². The van der Waals surface area contributed by atoms with E-state index in [1.807, 2.05) is 19.2 Å². The van der Waals surface area contributed by atoms with E-state index >= 15 is 0 Å². The topological polar surface area (TPSA) is 30.5 Å². The standard InChI is InChI=1S/C13H16ClNO2/c1-15-13(8-2-3-8)9-6-11-12(7-10(9)14)17-5-4-16-11/h6-8,13,15H,2-5H2,1H3. The fourth-order valence-corrected chi connectivity index (χ4v) is 2.66. The Morgan fingerprint density at radius 3 is 2.47 bits per heavy atom. The average Bonchev–Trinajstić information content (AvgIpc) is 3.15. The predicted octanol–water partition coefficient (Wildman–Crippen LogP) is 2.78. The maximum absolute atomic E-state index is 6.33. The maximum atomic E-state index is 6.33. The van der Waals surface area contributed by atoms with E-state index in [1.165, 1.54) is 12.8 Å². The normalized spacial score (nSPS) is 20.1. The molecule has 2 aliphatic rings. The van der Waals surface area contributed by atoms with Crippen molar-refractivity contribution in [1.29, 1.82) is 0 Å². The van der Waals surface area contributed by atoms with Crippen LogP contribution < -0.4 is 14.8 Å². The first-order valence-corrected chi connectivity index (χ1v) is 6.43. The van der Waals surface area contributed by atoms with Gasteiger partial charge in [0.25, 0.3) is 0 Å². The van der Waals surface area contributed by atoms with E-state index in [9.17, 15) is 0 Å². The molecule has 0 radical (unpaired) electrons. The fourth-order valence-electron chi connectivity index (χ4n) is 2.39. The van der Waals surface area contributed by atoms with Crippen LogP contribution in [0, 0.1) is 5.92 Å². The molecule has 0 spiro atoms.